The molecule has 0 bridgehead atoms. The number of nitrogens with zero attached hydrogens (tertiary/aromatic N) is 1. The highest BCUT2D eigenvalue weighted by molar-refractivity contribution is 9.10. The Kier molecular flexibility index (Phi) is 5.03. The minimum atomic E-state index is -3.79. The van der Waals surface area contributed by atoms with Crippen LogP contribution < -0.4 is 4.72 Å². The first-order valence-corrected chi connectivity index (χ1v) is 8.94. The van der Waals surface area contributed by atoms with Gasteiger partial charge in [0.2, 0.25) is 0 Å². The topological polar surface area (TPSA) is 79.3 Å². The van der Waals surface area contributed by atoms with Gasteiger partial charge in [0.05, 0.1) is 6.61 Å². The van der Waals surface area contributed by atoms with Gasteiger partial charge in [0.25, 0.3) is 10.0 Å². The summed E-state index contributed by atoms with van der Waals surface area (Å²) in [5, 5.41) is 9.13. The SMILES string of the molecule is Cc1cc(NS(=O)(=O)c2cc(CO)ccc2Br)ncc1Br. The lowest BCUT2D eigenvalue weighted by atomic mass is 10.2. The highest BCUT2D eigenvalue weighted by Crippen LogP contribution is 2.26. The Balaban J connectivity index is 2.40. The number of nitrogens with one attached hydrogen (secondary N) is 1. The lowest BCUT2D eigenvalue weighted by Crippen LogP contribution is -2.15. The third-order valence-corrected chi connectivity index (χ3v) is 5.93. The molecule has 0 saturated heterocycles. The van der Waals surface area contributed by atoms with Crippen LogP contribution in [-0.4, -0.2) is 18.5 Å². The van der Waals surface area contributed by atoms with Crippen molar-refractivity contribution in [2.24, 2.45) is 0 Å². The molecule has 0 atom stereocenters. The maximum Gasteiger partial charge on any atom is 0.264 e. The molecule has 1 aromatic heterocycles. The van der Waals surface area contributed by atoms with Crippen LogP contribution in [0, 0.1) is 6.92 Å². The molecule has 8 heteroatoms. The fraction of sp³-hybridized carbons (Fsp3) is 0.154. The molecule has 0 saturated carbocycles. The molecule has 21 heavy (non-hydrogen) atoms. The normalized spacial score (nSPS) is 11.4. The smallest absolute Gasteiger partial charge is 0.264 e. The monoisotopic (exact) mass is 434 g/mol. The van der Waals surface area contributed by atoms with E-state index < -0.39 is 10.0 Å². The number of aliphatic hydroxyl groups excluding tert-OH is 1. The van der Waals surface area contributed by atoms with Crippen LogP contribution in [0.2, 0.25) is 0 Å². The Morgan fingerprint density at radius 1 is 1.24 bits per heavy atom. The molecule has 2 aromatic rings. The van der Waals surface area contributed by atoms with Gasteiger partial charge in [-0.1, -0.05) is 6.07 Å². The molecule has 5 nitrogen and oxygen atoms in total. The van der Waals surface area contributed by atoms with Crippen molar-refractivity contribution in [3.05, 3.63) is 50.5 Å². The average molecular weight is 436 g/mol. The molecule has 0 radical (unpaired) electrons. The van der Waals surface area contributed by atoms with Gasteiger partial charge in [0.15, 0.2) is 0 Å². The predicted molar refractivity (Wildman–Crippen MR) is 87.5 cm³/mol. The lowest BCUT2D eigenvalue weighted by Gasteiger charge is -2.11. The fourth-order valence-corrected chi connectivity index (χ4v) is 3.87. The molecule has 1 aromatic carbocycles. The Morgan fingerprint density at radius 3 is 2.57 bits per heavy atom. The first-order valence-electron chi connectivity index (χ1n) is 5.88. The van der Waals surface area contributed by atoms with Gasteiger partial charge in [-0.05, 0) is 68.1 Å². The van der Waals surface area contributed by atoms with E-state index in [9.17, 15) is 8.42 Å². The van der Waals surface area contributed by atoms with Crippen LogP contribution in [0.25, 0.3) is 0 Å². The summed E-state index contributed by atoms with van der Waals surface area (Å²) in [6.07, 6.45) is 1.53. The Bertz CT molecular complexity index is 779. The van der Waals surface area contributed by atoms with Crippen LogP contribution in [0.5, 0.6) is 0 Å². The molecule has 112 valence electrons. The number of halogens is 2. The van der Waals surface area contributed by atoms with E-state index >= 15 is 0 Å². The molecule has 0 unspecified atom stereocenters. The van der Waals surface area contributed by atoms with E-state index in [-0.39, 0.29) is 17.3 Å². The summed E-state index contributed by atoms with van der Waals surface area (Å²) in [4.78, 5) is 4.07. The highest BCUT2D eigenvalue weighted by Gasteiger charge is 2.19. The largest absolute Gasteiger partial charge is 0.392 e. The summed E-state index contributed by atoms with van der Waals surface area (Å²) in [5.41, 5.74) is 1.38. The number of pyridine rings is 1. The number of sulfonamides is 1. The van der Waals surface area contributed by atoms with E-state index in [4.69, 9.17) is 5.11 Å². The zero-order valence-electron chi connectivity index (χ0n) is 11.0. The van der Waals surface area contributed by atoms with Gasteiger partial charge >= 0.3 is 0 Å². The molecule has 0 aliphatic heterocycles. The number of anilines is 1. The number of aromatic nitrogens is 1. The molecule has 0 fully saturated rings. The highest BCUT2D eigenvalue weighted by atomic mass is 79.9. The van der Waals surface area contributed by atoms with E-state index in [2.05, 4.69) is 41.6 Å². The van der Waals surface area contributed by atoms with Crippen molar-refractivity contribution in [1.29, 1.82) is 0 Å². The first-order chi connectivity index (χ1) is 9.83. The Hall–Kier alpha value is -0.960. The van der Waals surface area contributed by atoms with Crippen molar-refractivity contribution in [3.63, 3.8) is 0 Å². The Morgan fingerprint density at radius 2 is 1.95 bits per heavy atom. The molecule has 2 rings (SSSR count). The minimum Gasteiger partial charge on any atom is -0.392 e. The molecule has 0 aliphatic carbocycles. The maximum absolute atomic E-state index is 12.4. The molecule has 0 aliphatic rings. The van der Waals surface area contributed by atoms with E-state index in [1.807, 2.05) is 6.92 Å². The lowest BCUT2D eigenvalue weighted by molar-refractivity contribution is 0.281. The quantitative estimate of drug-likeness (QED) is 0.772. The van der Waals surface area contributed by atoms with Crippen LogP contribution in [-0.2, 0) is 16.6 Å². The van der Waals surface area contributed by atoms with E-state index in [0.29, 0.717) is 10.0 Å². The van der Waals surface area contributed by atoms with E-state index in [0.717, 1.165) is 10.0 Å². The van der Waals surface area contributed by atoms with Crippen molar-refractivity contribution in [3.8, 4) is 0 Å². The van der Waals surface area contributed by atoms with Crippen molar-refractivity contribution in [2.75, 3.05) is 4.72 Å². The Labute approximate surface area is 139 Å². The zero-order valence-corrected chi connectivity index (χ0v) is 15.0. The number of hydrogen-bond acceptors (Lipinski definition) is 4. The number of benzene rings is 1. The second-order valence-corrected chi connectivity index (χ2v) is 7.71. The van der Waals surface area contributed by atoms with Crippen molar-refractivity contribution >= 4 is 47.7 Å². The first kappa shape index (κ1) is 16.4. The predicted octanol–water partition coefficient (Wildman–Crippen LogP) is 3.21. The molecular formula is C13H12Br2N2O3S. The summed E-state index contributed by atoms with van der Waals surface area (Å²) < 4.78 is 28.5. The molecule has 0 amide bonds. The van der Waals surface area contributed by atoms with Crippen molar-refractivity contribution in [2.45, 2.75) is 18.4 Å². The third-order valence-electron chi connectivity index (χ3n) is 2.75. The number of rotatable bonds is 4. The third kappa shape index (κ3) is 3.82. The van der Waals surface area contributed by atoms with Crippen LogP contribution in [0.4, 0.5) is 5.82 Å². The summed E-state index contributed by atoms with van der Waals surface area (Å²) in [5.74, 6) is 0.233. The van der Waals surface area contributed by atoms with E-state index in [1.54, 1.807) is 18.2 Å². The molecule has 2 N–H and O–H groups in total. The second-order valence-electron chi connectivity index (χ2n) is 4.35. The molecule has 0 spiro atoms. The maximum atomic E-state index is 12.4. The van der Waals surface area contributed by atoms with Gasteiger partial charge in [-0.25, -0.2) is 13.4 Å². The van der Waals surface area contributed by atoms with Gasteiger partial charge < -0.3 is 5.11 Å². The van der Waals surface area contributed by atoms with Crippen LogP contribution in [0.1, 0.15) is 11.1 Å². The standard InChI is InChI=1S/C13H12Br2N2O3S/c1-8-4-13(16-6-11(8)15)17-21(19,20)12-5-9(7-18)2-3-10(12)14/h2-6,18H,7H2,1H3,(H,16,17). The number of aryl methyl sites for hydroxylation is 1. The molecular weight excluding hydrogens is 424 g/mol. The van der Waals surface area contributed by atoms with Crippen molar-refractivity contribution < 1.29 is 13.5 Å². The number of aliphatic hydroxyl groups is 1. The van der Waals surface area contributed by atoms with Crippen molar-refractivity contribution in [1.82, 2.24) is 4.98 Å². The fourth-order valence-electron chi connectivity index (χ4n) is 1.64. The van der Waals surface area contributed by atoms with Gasteiger partial charge in [0.1, 0.15) is 10.7 Å². The number of hydrogen-bond donors (Lipinski definition) is 2. The van der Waals surface area contributed by atoms with Crippen LogP contribution in [0.3, 0.4) is 0 Å². The van der Waals surface area contributed by atoms with Crippen LogP contribution >= 0.6 is 31.9 Å². The van der Waals surface area contributed by atoms with Gasteiger partial charge in [0, 0.05) is 15.1 Å². The van der Waals surface area contributed by atoms with Gasteiger partial charge in [-0.3, -0.25) is 4.72 Å². The summed E-state index contributed by atoms with van der Waals surface area (Å²) >= 11 is 6.52. The van der Waals surface area contributed by atoms with Crippen LogP contribution in [0.15, 0.2) is 44.3 Å². The van der Waals surface area contributed by atoms with E-state index in [1.165, 1.54) is 12.3 Å². The van der Waals surface area contributed by atoms with Gasteiger partial charge in [-0.2, -0.15) is 0 Å². The molecule has 1 heterocycles. The minimum absolute atomic E-state index is 0.0522. The summed E-state index contributed by atoms with van der Waals surface area (Å²) in [6, 6.07) is 6.27. The average Bonchev–Trinajstić information content (AvgIpc) is 2.43. The summed E-state index contributed by atoms with van der Waals surface area (Å²) in [6.45, 7) is 1.61. The zero-order chi connectivity index (χ0) is 15.6. The second kappa shape index (κ2) is 6.43. The van der Waals surface area contributed by atoms with Gasteiger partial charge in [-0.15, -0.1) is 0 Å². The summed E-state index contributed by atoms with van der Waals surface area (Å²) in [7, 11) is -3.79.